The largest absolute Gasteiger partial charge is 0.328 e. The van der Waals surface area contributed by atoms with Crippen molar-refractivity contribution in [3.05, 3.63) is 74.1 Å². The van der Waals surface area contributed by atoms with E-state index in [9.17, 15) is 0 Å². The molecular formula is C17H13Cl4N3. The molecule has 0 spiro atoms. The van der Waals surface area contributed by atoms with Crippen LogP contribution in [0.4, 0.5) is 0 Å². The van der Waals surface area contributed by atoms with Crippen LogP contribution in [0.15, 0.2) is 42.7 Å². The lowest BCUT2D eigenvalue weighted by atomic mass is 10.1. The zero-order valence-corrected chi connectivity index (χ0v) is 15.5. The Balaban J connectivity index is 1.99. The van der Waals surface area contributed by atoms with Crippen LogP contribution in [-0.2, 0) is 13.1 Å². The number of imidazole rings is 1. The Kier molecular flexibility index (Phi) is 5.38. The molecule has 0 radical (unpaired) electrons. The molecule has 0 amide bonds. The highest BCUT2D eigenvalue weighted by molar-refractivity contribution is 6.42. The predicted octanol–water partition coefficient (Wildman–Crippen LogP) is 5.67. The highest BCUT2D eigenvalue weighted by Gasteiger charge is 2.15. The van der Waals surface area contributed by atoms with E-state index in [1.807, 2.05) is 22.8 Å². The SMILES string of the molecule is NCc1c(-c2ccc(Cl)cc2Cl)ncn1Cc1ccc(Cl)c(Cl)c1. The highest BCUT2D eigenvalue weighted by atomic mass is 35.5. The smallest absolute Gasteiger partial charge is 0.0959 e. The van der Waals surface area contributed by atoms with E-state index in [4.69, 9.17) is 52.1 Å². The third kappa shape index (κ3) is 3.56. The first-order chi connectivity index (χ1) is 11.5. The van der Waals surface area contributed by atoms with Crippen LogP contribution < -0.4 is 5.73 Å². The van der Waals surface area contributed by atoms with E-state index in [2.05, 4.69) is 4.98 Å². The lowest BCUT2D eigenvalue weighted by Gasteiger charge is -2.10. The second kappa shape index (κ2) is 7.34. The topological polar surface area (TPSA) is 43.8 Å². The summed E-state index contributed by atoms with van der Waals surface area (Å²) in [5, 5.41) is 2.16. The van der Waals surface area contributed by atoms with E-state index in [1.54, 1.807) is 24.5 Å². The van der Waals surface area contributed by atoms with Gasteiger partial charge in [-0.3, -0.25) is 0 Å². The number of rotatable bonds is 4. The van der Waals surface area contributed by atoms with Gasteiger partial charge in [-0.1, -0.05) is 52.5 Å². The van der Waals surface area contributed by atoms with E-state index < -0.39 is 0 Å². The van der Waals surface area contributed by atoms with Crippen LogP contribution in [0.5, 0.6) is 0 Å². The minimum Gasteiger partial charge on any atom is -0.328 e. The van der Waals surface area contributed by atoms with Crippen LogP contribution in [0.3, 0.4) is 0 Å². The van der Waals surface area contributed by atoms with Crippen molar-refractivity contribution in [1.82, 2.24) is 9.55 Å². The van der Waals surface area contributed by atoms with Crippen LogP contribution in [0.1, 0.15) is 11.3 Å². The molecule has 0 aliphatic heterocycles. The maximum atomic E-state index is 6.29. The summed E-state index contributed by atoms with van der Waals surface area (Å²) >= 11 is 24.3. The monoisotopic (exact) mass is 399 g/mol. The Bertz CT molecular complexity index is 890. The number of nitrogens with two attached hydrogens (primary N) is 1. The molecule has 0 bridgehead atoms. The molecule has 0 aliphatic rings. The zero-order valence-electron chi connectivity index (χ0n) is 12.4. The van der Waals surface area contributed by atoms with Gasteiger partial charge < -0.3 is 10.3 Å². The van der Waals surface area contributed by atoms with E-state index in [1.165, 1.54) is 0 Å². The van der Waals surface area contributed by atoms with E-state index >= 15 is 0 Å². The van der Waals surface area contributed by atoms with Gasteiger partial charge >= 0.3 is 0 Å². The first kappa shape index (κ1) is 17.6. The Morgan fingerprint density at radius 1 is 0.917 bits per heavy atom. The van der Waals surface area contributed by atoms with Gasteiger partial charge in [-0.15, -0.1) is 0 Å². The van der Waals surface area contributed by atoms with Crippen LogP contribution in [-0.4, -0.2) is 9.55 Å². The van der Waals surface area contributed by atoms with E-state index in [0.717, 1.165) is 22.5 Å². The third-order valence-electron chi connectivity index (χ3n) is 3.66. The van der Waals surface area contributed by atoms with Crippen molar-refractivity contribution in [3.63, 3.8) is 0 Å². The molecule has 3 nitrogen and oxygen atoms in total. The summed E-state index contributed by atoms with van der Waals surface area (Å²) in [6, 6.07) is 10.8. The molecule has 3 aromatic rings. The van der Waals surface area contributed by atoms with Crippen LogP contribution >= 0.6 is 46.4 Å². The van der Waals surface area contributed by atoms with Gasteiger partial charge in [-0.25, -0.2) is 4.98 Å². The normalized spacial score (nSPS) is 11.0. The first-order valence-electron chi connectivity index (χ1n) is 7.13. The molecule has 0 atom stereocenters. The van der Waals surface area contributed by atoms with Gasteiger partial charge in [0, 0.05) is 23.7 Å². The van der Waals surface area contributed by atoms with Crippen molar-refractivity contribution in [2.75, 3.05) is 0 Å². The summed E-state index contributed by atoms with van der Waals surface area (Å²) in [4.78, 5) is 4.48. The number of benzene rings is 2. The van der Waals surface area contributed by atoms with Crippen LogP contribution in [0, 0.1) is 0 Å². The van der Waals surface area contributed by atoms with Crippen LogP contribution in [0.2, 0.25) is 20.1 Å². The molecule has 1 heterocycles. The standard InChI is InChI=1S/C17H13Cl4N3/c18-11-2-3-12(14(20)6-11)17-16(7-22)24(9-23-17)8-10-1-4-13(19)15(21)5-10/h1-6,9H,7-8,22H2. The summed E-state index contributed by atoms with van der Waals surface area (Å²) < 4.78 is 1.97. The maximum Gasteiger partial charge on any atom is 0.0959 e. The minimum atomic E-state index is 0.329. The Morgan fingerprint density at radius 2 is 1.71 bits per heavy atom. The number of nitrogens with zero attached hydrogens (tertiary/aromatic N) is 2. The second-order valence-corrected chi connectivity index (χ2v) is 6.90. The van der Waals surface area contributed by atoms with Crippen LogP contribution in [0.25, 0.3) is 11.3 Å². The molecule has 2 aromatic carbocycles. The van der Waals surface area contributed by atoms with Gasteiger partial charge in [0.15, 0.2) is 0 Å². The summed E-state index contributed by atoms with van der Waals surface area (Å²) in [7, 11) is 0. The number of halogens is 4. The van der Waals surface area contributed by atoms with Crippen molar-refractivity contribution in [2.45, 2.75) is 13.1 Å². The highest BCUT2D eigenvalue weighted by Crippen LogP contribution is 2.32. The molecule has 0 unspecified atom stereocenters. The number of hydrogen-bond acceptors (Lipinski definition) is 2. The molecule has 2 N–H and O–H groups in total. The summed E-state index contributed by atoms with van der Waals surface area (Å²) in [5.41, 5.74) is 9.38. The zero-order chi connectivity index (χ0) is 17.3. The minimum absolute atomic E-state index is 0.329. The summed E-state index contributed by atoms with van der Waals surface area (Å²) in [6.07, 6.45) is 1.74. The fourth-order valence-corrected chi connectivity index (χ4v) is 3.32. The molecule has 0 fully saturated rings. The van der Waals surface area contributed by atoms with Gasteiger partial charge in [-0.05, 0) is 35.9 Å². The number of aromatic nitrogens is 2. The number of hydrogen-bond donors (Lipinski definition) is 1. The van der Waals surface area contributed by atoms with Crippen molar-refractivity contribution in [2.24, 2.45) is 5.73 Å². The van der Waals surface area contributed by atoms with E-state index in [-0.39, 0.29) is 0 Å². The fourth-order valence-electron chi connectivity index (χ4n) is 2.50. The Morgan fingerprint density at radius 3 is 2.38 bits per heavy atom. The molecule has 0 aliphatic carbocycles. The first-order valence-corrected chi connectivity index (χ1v) is 8.64. The molecule has 24 heavy (non-hydrogen) atoms. The van der Waals surface area contributed by atoms with Crippen molar-refractivity contribution in [1.29, 1.82) is 0 Å². The Labute approximate surface area is 159 Å². The van der Waals surface area contributed by atoms with Gasteiger partial charge in [0.2, 0.25) is 0 Å². The molecule has 7 heteroatoms. The molecule has 124 valence electrons. The summed E-state index contributed by atoms with van der Waals surface area (Å²) in [6.45, 7) is 0.914. The summed E-state index contributed by atoms with van der Waals surface area (Å²) in [5.74, 6) is 0. The lowest BCUT2D eigenvalue weighted by Crippen LogP contribution is -2.08. The van der Waals surface area contributed by atoms with Crippen molar-refractivity contribution in [3.8, 4) is 11.3 Å². The van der Waals surface area contributed by atoms with Crippen molar-refractivity contribution >= 4 is 46.4 Å². The Hall–Kier alpha value is -1.23. The quantitative estimate of drug-likeness (QED) is 0.612. The average Bonchev–Trinajstić information content (AvgIpc) is 2.93. The average molecular weight is 401 g/mol. The lowest BCUT2D eigenvalue weighted by molar-refractivity contribution is 0.741. The molecule has 0 saturated heterocycles. The van der Waals surface area contributed by atoms with Gasteiger partial charge in [-0.2, -0.15) is 0 Å². The third-order valence-corrected chi connectivity index (χ3v) is 4.95. The molecule has 3 rings (SSSR count). The molecule has 1 aromatic heterocycles. The maximum absolute atomic E-state index is 6.29. The van der Waals surface area contributed by atoms with E-state index in [0.29, 0.717) is 33.2 Å². The van der Waals surface area contributed by atoms with Gasteiger partial charge in [0.1, 0.15) is 0 Å². The molecule has 0 saturated carbocycles. The van der Waals surface area contributed by atoms with Gasteiger partial charge in [0.05, 0.1) is 32.8 Å². The fraction of sp³-hybridized carbons (Fsp3) is 0.118. The predicted molar refractivity (Wildman–Crippen MR) is 101 cm³/mol. The molecular weight excluding hydrogens is 388 g/mol. The second-order valence-electron chi connectivity index (χ2n) is 5.24. The van der Waals surface area contributed by atoms with Gasteiger partial charge in [0.25, 0.3) is 0 Å². The van der Waals surface area contributed by atoms with Crippen molar-refractivity contribution < 1.29 is 0 Å².